The van der Waals surface area contributed by atoms with E-state index in [1.165, 1.54) is 21.3 Å². The van der Waals surface area contributed by atoms with Gasteiger partial charge in [0, 0.05) is 36.8 Å². The van der Waals surface area contributed by atoms with Gasteiger partial charge in [0.25, 0.3) is 0 Å². The van der Waals surface area contributed by atoms with Gasteiger partial charge in [-0.15, -0.1) is 0 Å². The molecule has 1 heterocycles. The van der Waals surface area contributed by atoms with Crippen molar-refractivity contribution in [3.8, 4) is 17.2 Å². The van der Waals surface area contributed by atoms with Gasteiger partial charge in [-0.05, 0) is 19.3 Å². The third-order valence-electron chi connectivity index (χ3n) is 4.98. The molecule has 1 atom stereocenters. The molecule has 0 aromatic heterocycles. The van der Waals surface area contributed by atoms with Crippen LogP contribution in [0, 0.1) is 5.92 Å². The molecule has 7 heteroatoms. The van der Waals surface area contributed by atoms with Crippen LogP contribution in [0.4, 0.5) is 5.69 Å². The average Bonchev–Trinajstić information content (AvgIpc) is 2.94. The number of rotatable bonds is 6. The van der Waals surface area contributed by atoms with Crippen LogP contribution in [0.15, 0.2) is 12.1 Å². The number of hydrogen-bond donors (Lipinski definition) is 1. The minimum Gasteiger partial charge on any atom is -0.493 e. The maximum absolute atomic E-state index is 12.6. The molecule has 1 aromatic carbocycles. The second-order valence-corrected chi connectivity index (χ2v) is 6.44. The van der Waals surface area contributed by atoms with E-state index in [-0.39, 0.29) is 24.2 Å². The minimum atomic E-state index is -0.327. The van der Waals surface area contributed by atoms with Crippen molar-refractivity contribution in [1.82, 2.24) is 4.90 Å². The highest BCUT2D eigenvalue weighted by atomic mass is 16.5. The molecule has 2 amide bonds. The number of likely N-dealkylation sites (tertiary alicyclic amines) is 1. The van der Waals surface area contributed by atoms with Crippen LogP contribution in [0.1, 0.15) is 25.7 Å². The molecular formula is C18H24N2O5. The molecule has 136 valence electrons. The molecule has 1 saturated heterocycles. The molecule has 2 fully saturated rings. The smallest absolute Gasteiger partial charge is 0.229 e. The van der Waals surface area contributed by atoms with E-state index in [0.29, 0.717) is 35.5 Å². The first kappa shape index (κ1) is 17.4. The van der Waals surface area contributed by atoms with Crippen LogP contribution in [0.25, 0.3) is 0 Å². The van der Waals surface area contributed by atoms with Crippen molar-refractivity contribution in [2.24, 2.45) is 5.92 Å². The van der Waals surface area contributed by atoms with E-state index >= 15 is 0 Å². The maximum atomic E-state index is 12.6. The molecule has 25 heavy (non-hydrogen) atoms. The zero-order valence-corrected chi connectivity index (χ0v) is 14.8. The molecule has 7 nitrogen and oxygen atoms in total. The fourth-order valence-electron chi connectivity index (χ4n) is 3.36. The zero-order chi connectivity index (χ0) is 18.0. The van der Waals surface area contributed by atoms with E-state index in [2.05, 4.69) is 5.32 Å². The molecule has 1 saturated carbocycles. The summed E-state index contributed by atoms with van der Waals surface area (Å²) in [5, 5.41) is 2.87. The fourth-order valence-corrected chi connectivity index (χ4v) is 3.36. The van der Waals surface area contributed by atoms with Crippen LogP contribution < -0.4 is 19.5 Å². The van der Waals surface area contributed by atoms with Crippen molar-refractivity contribution in [1.29, 1.82) is 0 Å². The highest BCUT2D eigenvalue weighted by Gasteiger charge is 2.39. The van der Waals surface area contributed by atoms with Gasteiger partial charge in [-0.2, -0.15) is 0 Å². The number of anilines is 1. The van der Waals surface area contributed by atoms with Crippen molar-refractivity contribution >= 4 is 17.5 Å². The summed E-state index contributed by atoms with van der Waals surface area (Å²) in [6.07, 6.45) is 3.53. The second kappa shape index (κ2) is 7.21. The first-order valence-electron chi connectivity index (χ1n) is 8.47. The molecule has 0 bridgehead atoms. The van der Waals surface area contributed by atoms with Gasteiger partial charge in [0.05, 0.1) is 27.2 Å². The predicted octanol–water partition coefficient (Wildman–Crippen LogP) is 2.05. The summed E-state index contributed by atoms with van der Waals surface area (Å²) in [5.74, 6) is 0.994. The molecule has 1 aliphatic heterocycles. The van der Waals surface area contributed by atoms with Crippen LogP contribution in [-0.4, -0.2) is 50.6 Å². The van der Waals surface area contributed by atoms with Crippen molar-refractivity contribution in [2.45, 2.75) is 31.7 Å². The van der Waals surface area contributed by atoms with Gasteiger partial charge in [0.1, 0.15) is 0 Å². The first-order chi connectivity index (χ1) is 12.1. The van der Waals surface area contributed by atoms with E-state index in [1.54, 1.807) is 12.1 Å². The number of benzene rings is 1. The monoisotopic (exact) mass is 348 g/mol. The minimum absolute atomic E-state index is 0.0785. The summed E-state index contributed by atoms with van der Waals surface area (Å²) >= 11 is 0. The van der Waals surface area contributed by atoms with Gasteiger partial charge in [0.2, 0.25) is 17.6 Å². The number of amides is 2. The summed E-state index contributed by atoms with van der Waals surface area (Å²) in [4.78, 5) is 26.6. The van der Waals surface area contributed by atoms with Crippen molar-refractivity contribution in [3.05, 3.63) is 12.1 Å². The number of hydrogen-bond acceptors (Lipinski definition) is 5. The highest BCUT2D eigenvalue weighted by molar-refractivity contribution is 5.97. The third kappa shape index (κ3) is 3.36. The van der Waals surface area contributed by atoms with E-state index < -0.39 is 0 Å². The van der Waals surface area contributed by atoms with Crippen LogP contribution in [0.2, 0.25) is 0 Å². The summed E-state index contributed by atoms with van der Waals surface area (Å²) < 4.78 is 15.9. The molecule has 0 radical (unpaired) electrons. The Morgan fingerprint density at radius 3 is 2.24 bits per heavy atom. The van der Waals surface area contributed by atoms with Crippen molar-refractivity contribution in [2.75, 3.05) is 33.2 Å². The Kier molecular flexibility index (Phi) is 5.01. The maximum Gasteiger partial charge on any atom is 0.229 e. The lowest BCUT2D eigenvalue weighted by Gasteiger charge is -2.34. The molecule has 1 aliphatic carbocycles. The summed E-state index contributed by atoms with van der Waals surface area (Å²) in [7, 11) is 4.57. The van der Waals surface area contributed by atoms with Crippen LogP contribution in [0.3, 0.4) is 0 Å². The average molecular weight is 348 g/mol. The molecule has 2 aliphatic rings. The number of carbonyl (C=O) groups is 2. The molecule has 0 spiro atoms. The van der Waals surface area contributed by atoms with E-state index in [4.69, 9.17) is 14.2 Å². The van der Waals surface area contributed by atoms with Crippen LogP contribution >= 0.6 is 0 Å². The Balaban J connectivity index is 1.71. The third-order valence-corrected chi connectivity index (χ3v) is 4.98. The molecule has 3 rings (SSSR count). The Labute approximate surface area is 147 Å². The summed E-state index contributed by atoms with van der Waals surface area (Å²) in [6.45, 7) is 0.500. The normalized spacial score (nSPS) is 20.2. The number of methoxy groups -OCH3 is 3. The van der Waals surface area contributed by atoms with Crippen LogP contribution in [-0.2, 0) is 9.59 Å². The van der Waals surface area contributed by atoms with Gasteiger partial charge < -0.3 is 24.4 Å². The van der Waals surface area contributed by atoms with Crippen molar-refractivity contribution in [3.63, 3.8) is 0 Å². The topological polar surface area (TPSA) is 77.1 Å². The van der Waals surface area contributed by atoms with E-state index in [0.717, 1.165) is 19.3 Å². The van der Waals surface area contributed by atoms with E-state index in [9.17, 15) is 9.59 Å². The molecule has 1 aromatic rings. The Bertz CT molecular complexity index is 646. The van der Waals surface area contributed by atoms with E-state index in [1.807, 2.05) is 4.90 Å². The van der Waals surface area contributed by atoms with Gasteiger partial charge in [-0.1, -0.05) is 0 Å². The lowest BCUT2D eigenvalue weighted by atomic mass is 9.92. The number of ether oxygens (including phenoxy) is 3. The molecular weight excluding hydrogens is 324 g/mol. The Morgan fingerprint density at radius 1 is 1.12 bits per heavy atom. The summed E-state index contributed by atoms with van der Waals surface area (Å²) in [6, 6.07) is 3.69. The SMILES string of the molecule is COc1cc(NC(=O)C2CC(=O)N(C3CCC3)C2)cc(OC)c1OC. The standard InChI is InChI=1S/C18H24N2O5/c1-23-14-8-12(9-15(24-2)17(14)25-3)19-18(22)11-7-16(21)20(10-11)13-5-4-6-13/h8-9,11,13H,4-7,10H2,1-3H3,(H,19,22). The first-order valence-corrected chi connectivity index (χ1v) is 8.47. The predicted molar refractivity (Wildman–Crippen MR) is 92.2 cm³/mol. The quantitative estimate of drug-likeness (QED) is 0.851. The van der Waals surface area contributed by atoms with Gasteiger partial charge in [-0.25, -0.2) is 0 Å². The lowest BCUT2D eigenvalue weighted by Crippen LogP contribution is -2.41. The lowest BCUT2D eigenvalue weighted by molar-refractivity contribution is -0.131. The highest BCUT2D eigenvalue weighted by Crippen LogP contribution is 2.40. The number of nitrogens with zero attached hydrogens (tertiary/aromatic N) is 1. The Morgan fingerprint density at radius 2 is 1.76 bits per heavy atom. The molecule has 1 N–H and O–H groups in total. The summed E-state index contributed by atoms with van der Waals surface area (Å²) in [5.41, 5.74) is 0.550. The van der Waals surface area contributed by atoms with Crippen molar-refractivity contribution < 1.29 is 23.8 Å². The zero-order valence-electron chi connectivity index (χ0n) is 14.8. The fraction of sp³-hybridized carbons (Fsp3) is 0.556. The van der Waals surface area contributed by atoms with Gasteiger partial charge in [0.15, 0.2) is 11.5 Å². The second-order valence-electron chi connectivity index (χ2n) is 6.44. The largest absolute Gasteiger partial charge is 0.493 e. The number of carbonyl (C=O) groups excluding carboxylic acids is 2. The van der Waals surface area contributed by atoms with Crippen LogP contribution in [0.5, 0.6) is 17.2 Å². The number of nitrogens with one attached hydrogen (secondary N) is 1. The Hall–Kier alpha value is -2.44. The van der Waals surface area contributed by atoms with Gasteiger partial charge >= 0.3 is 0 Å². The molecule has 1 unspecified atom stereocenters. The van der Waals surface area contributed by atoms with Gasteiger partial charge in [-0.3, -0.25) is 9.59 Å².